The first-order valence-electron chi connectivity index (χ1n) is 7.24. The lowest BCUT2D eigenvalue weighted by Gasteiger charge is -2.23. The van der Waals surface area contributed by atoms with Gasteiger partial charge in [0.25, 0.3) is 0 Å². The molecule has 2 N–H and O–H groups in total. The molecule has 1 saturated heterocycles. The lowest BCUT2D eigenvalue weighted by Crippen LogP contribution is -2.31. The highest BCUT2D eigenvalue weighted by atomic mass is 35.5. The van der Waals surface area contributed by atoms with Crippen molar-refractivity contribution < 1.29 is 8.91 Å². The first kappa shape index (κ1) is 16.9. The van der Waals surface area contributed by atoms with Crippen LogP contribution in [0.5, 0.6) is 0 Å². The Morgan fingerprint density at radius 2 is 2.27 bits per heavy atom. The molecule has 120 valence electrons. The number of rotatable bonds is 5. The minimum absolute atomic E-state index is 0. The molecular weight excluding hydrogens is 307 g/mol. The van der Waals surface area contributed by atoms with E-state index in [-0.39, 0.29) is 24.8 Å². The maximum absolute atomic E-state index is 13.3. The summed E-state index contributed by atoms with van der Waals surface area (Å²) in [6.45, 7) is 1.93. The SMILES string of the molecule is Cl.NCc1nc(CN2CCCC2Cc2cccc(F)c2)no1. The van der Waals surface area contributed by atoms with Crippen LogP contribution in [0, 0.1) is 5.82 Å². The summed E-state index contributed by atoms with van der Waals surface area (Å²) >= 11 is 0. The molecule has 1 atom stereocenters. The Labute approximate surface area is 135 Å². The lowest BCUT2D eigenvalue weighted by molar-refractivity contribution is 0.234. The molecule has 2 aromatic rings. The quantitative estimate of drug-likeness (QED) is 0.913. The molecule has 1 fully saturated rings. The van der Waals surface area contributed by atoms with E-state index in [1.54, 1.807) is 12.1 Å². The highest BCUT2D eigenvalue weighted by molar-refractivity contribution is 5.85. The molecule has 5 nitrogen and oxygen atoms in total. The molecular formula is C15H20ClFN4O. The monoisotopic (exact) mass is 326 g/mol. The highest BCUT2D eigenvalue weighted by Crippen LogP contribution is 2.23. The molecule has 0 aliphatic carbocycles. The van der Waals surface area contributed by atoms with Crippen molar-refractivity contribution >= 4 is 12.4 Å². The fourth-order valence-corrected chi connectivity index (χ4v) is 2.89. The van der Waals surface area contributed by atoms with E-state index in [0.717, 1.165) is 31.4 Å². The van der Waals surface area contributed by atoms with Gasteiger partial charge in [0.1, 0.15) is 5.82 Å². The molecule has 1 aliphatic heterocycles. The average molecular weight is 327 g/mol. The summed E-state index contributed by atoms with van der Waals surface area (Å²) in [5.74, 6) is 0.954. The number of nitrogens with zero attached hydrogens (tertiary/aromatic N) is 3. The van der Waals surface area contributed by atoms with E-state index < -0.39 is 0 Å². The van der Waals surface area contributed by atoms with Crippen molar-refractivity contribution in [3.05, 3.63) is 47.4 Å². The van der Waals surface area contributed by atoms with Gasteiger partial charge in [0.05, 0.1) is 13.1 Å². The zero-order valence-corrected chi connectivity index (χ0v) is 13.1. The molecule has 2 heterocycles. The fraction of sp³-hybridized carbons (Fsp3) is 0.467. The maximum atomic E-state index is 13.3. The second-order valence-corrected chi connectivity index (χ2v) is 5.41. The average Bonchev–Trinajstić information content (AvgIpc) is 3.09. The maximum Gasteiger partial charge on any atom is 0.240 e. The third-order valence-corrected chi connectivity index (χ3v) is 3.89. The van der Waals surface area contributed by atoms with Crippen molar-refractivity contribution in [1.82, 2.24) is 15.0 Å². The van der Waals surface area contributed by atoms with Crippen LogP contribution in [0.15, 0.2) is 28.8 Å². The van der Waals surface area contributed by atoms with Crippen LogP contribution in [-0.4, -0.2) is 27.6 Å². The van der Waals surface area contributed by atoms with Crippen LogP contribution in [-0.2, 0) is 19.5 Å². The molecule has 0 spiro atoms. The Kier molecular flexibility index (Phi) is 5.88. The van der Waals surface area contributed by atoms with Crippen molar-refractivity contribution in [1.29, 1.82) is 0 Å². The van der Waals surface area contributed by atoms with Crippen LogP contribution < -0.4 is 5.73 Å². The molecule has 0 radical (unpaired) electrons. The van der Waals surface area contributed by atoms with E-state index in [1.807, 2.05) is 6.07 Å². The summed E-state index contributed by atoms with van der Waals surface area (Å²) in [5, 5.41) is 3.94. The minimum atomic E-state index is -0.178. The number of aromatic nitrogens is 2. The van der Waals surface area contributed by atoms with E-state index in [4.69, 9.17) is 10.3 Å². The standard InChI is InChI=1S/C15H19FN4O.ClH/c16-12-4-1-3-11(7-12)8-13-5-2-6-20(13)10-14-18-15(9-17)21-19-14;/h1,3-4,7,13H,2,5-6,8-10,17H2;1H. The van der Waals surface area contributed by atoms with Gasteiger partial charge < -0.3 is 10.3 Å². The van der Waals surface area contributed by atoms with E-state index in [9.17, 15) is 4.39 Å². The number of likely N-dealkylation sites (tertiary alicyclic amines) is 1. The van der Waals surface area contributed by atoms with Gasteiger partial charge in [-0.1, -0.05) is 17.3 Å². The number of hydrogen-bond acceptors (Lipinski definition) is 5. The first-order valence-corrected chi connectivity index (χ1v) is 7.24. The van der Waals surface area contributed by atoms with Crippen LogP contribution in [0.2, 0.25) is 0 Å². The topological polar surface area (TPSA) is 68.2 Å². The summed E-state index contributed by atoms with van der Waals surface area (Å²) < 4.78 is 18.3. The smallest absolute Gasteiger partial charge is 0.240 e. The predicted octanol–water partition coefficient (Wildman–Crippen LogP) is 2.30. The van der Waals surface area contributed by atoms with Gasteiger partial charge in [-0.15, -0.1) is 12.4 Å². The zero-order chi connectivity index (χ0) is 14.7. The van der Waals surface area contributed by atoms with Gasteiger partial charge in [0.2, 0.25) is 5.89 Å². The summed E-state index contributed by atoms with van der Waals surface area (Å²) in [4.78, 5) is 6.57. The molecule has 1 unspecified atom stereocenters. The molecule has 1 aliphatic rings. The van der Waals surface area contributed by atoms with Crippen molar-refractivity contribution in [3.63, 3.8) is 0 Å². The number of nitrogens with two attached hydrogens (primary N) is 1. The van der Waals surface area contributed by atoms with Gasteiger partial charge in [-0.3, -0.25) is 4.90 Å². The third-order valence-electron chi connectivity index (χ3n) is 3.89. The summed E-state index contributed by atoms with van der Waals surface area (Å²) in [7, 11) is 0. The Balaban J connectivity index is 0.00000176. The molecule has 3 rings (SSSR count). The molecule has 0 saturated carbocycles. The largest absolute Gasteiger partial charge is 0.338 e. The van der Waals surface area contributed by atoms with Crippen LogP contribution in [0.3, 0.4) is 0 Å². The Hall–Kier alpha value is -1.50. The second kappa shape index (κ2) is 7.67. The van der Waals surface area contributed by atoms with Crippen LogP contribution in [0.25, 0.3) is 0 Å². The number of halogens is 2. The molecule has 7 heteroatoms. The van der Waals surface area contributed by atoms with Gasteiger partial charge in [-0.2, -0.15) is 4.98 Å². The highest BCUT2D eigenvalue weighted by Gasteiger charge is 2.26. The van der Waals surface area contributed by atoms with Crippen molar-refractivity contribution in [2.75, 3.05) is 6.54 Å². The van der Waals surface area contributed by atoms with E-state index in [2.05, 4.69) is 15.0 Å². The van der Waals surface area contributed by atoms with Crippen molar-refractivity contribution in [2.45, 2.75) is 38.4 Å². The van der Waals surface area contributed by atoms with Gasteiger partial charge >= 0.3 is 0 Å². The molecule has 1 aromatic carbocycles. The van der Waals surface area contributed by atoms with Gasteiger partial charge in [-0.05, 0) is 43.5 Å². The van der Waals surface area contributed by atoms with Crippen LogP contribution in [0.1, 0.15) is 30.1 Å². The minimum Gasteiger partial charge on any atom is -0.338 e. The van der Waals surface area contributed by atoms with Crippen molar-refractivity contribution in [3.8, 4) is 0 Å². The van der Waals surface area contributed by atoms with Gasteiger partial charge in [0, 0.05) is 6.04 Å². The predicted molar refractivity (Wildman–Crippen MR) is 83.0 cm³/mol. The fourth-order valence-electron chi connectivity index (χ4n) is 2.89. The van der Waals surface area contributed by atoms with Gasteiger partial charge in [-0.25, -0.2) is 4.39 Å². The van der Waals surface area contributed by atoms with Crippen LogP contribution >= 0.6 is 12.4 Å². The van der Waals surface area contributed by atoms with E-state index in [1.165, 1.54) is 6.07 Å². The Morgan fingerprint density at radius 1 is 1.41 bits per heavy atom. The molecule has 1 aromatic heterocycles. The zero-order valence-electron chi connectivity index (χ0n) is 12.2. The number of benzene rings is 1. The van der Waals surface area contributed by atoms with E-state index >= 15 is 0 Å². The summed E-state index contributed by atoms with van der Waals surface area (Å²) in [6, 6.07) is 7.21. The van der Waals surface area contributed by atoms with Gasteiger partial charge in [0.15, 0.2) is 5.82 Å². The molecule has 0 amide bonds. The van der Waals surface area contributed by atoms with E-state index in [0.29, 0.717) is 24.3 Å². The summed E-state index contributed by atoms with van der Waals surface area (Å²) in [6.07, 6.45) is 3.10. The lowest BCUT2D eigenvalue weighted by atomic mass is 10.0. The Bertz CT molecular complexity index is 607. The normalized spacial score (nSPS) is 18.4. The summed E-state index contributed by atoms with van der Waals surface area (Å²) in [5.41, 5.74) is 6.50. The van der Waals surface area contributed by atoms with Crippen LogP contribution in [0.4, 0.5) is 4.39 Å². The first-order chi connectivity index (χ1) is 10.2. The molecule has 22 heavy (non-hydrogen) atoms. The van der Waals surface area contributed by atoms with Crippen molar-refractivity contribution in [2.24, 2.45) is 5.73 Å². The third kappa shape index (κ3) is 4.03. The number of hydrogen-bond donors (Lipinski definition) is 1. The Morgan fingerprint density at radius 3 is 3.00 bits per heavy atom. The molecule has 0 bridgehead atoms. The second-order valence-electron chi connectivity index (χ2n) is 5.41.